The summed E-state index contributed by atoms with van der Waals surface area (Å²) < 4.78 is 79.3. The molecule has 0 saturated carbocycles. The molecule has 0 spiro atoms. The minimum Gasteiger partial charge on any atom is -0.439 e. The highest BCUT2D eigenvalue weighted by Crippen LogP contribution is 2.33. The van der Waals surface area contributed by atoms with Gasteiger partial charge in [0.15, 0.2) is 11.8 Å². The Hall–Kier alpha value is -3.86. The summed E-state index contributed by atoms with van der Waals surface area (Å²) in [6, 6.07) is -1.47. The summed E-state index contributed by atoms with van der Waals surface area (Å²) in [4.78, 5) is 60.5. The second-order valence-electron chi connectivity index (χ2n) is 12.9. The summed E-state index contributed by atoms with van der Waals surface area (Å²) in [5.41, 5.74) is -1.33. The van der Waals surface area contributed by atoms with E-state index in [4.69, 9.17) is 4.74 Å². The summed E-state index contributed by atoms with van der Waals surface area (Å²) in [6.45, 7) is 11.9. The van der Waals surface area contributed by atoms with Gasteiger partial charge >= 0.3 is 12.1 Å². The van der Waals surface area contributed by atoms with E-state index in [1.54, 1.807) is 14.0 Å². The van der Waals surface area contributed by atoms with Crippen LogP contribution in [0.1, 0.15) is 88.8 Å². The predicted molar refractivity (Wildman–Crippen MR) is 174 cm³/mol. The number of alkyl carbamates (subject to hydrolysis) is 1. The molecule has 1 unspecified atom stereocenters. The summed E-state index contributed by atoms with van der Waals surface area (Å²) >= 11 is 0.807. The number of likely N-dealkylation sites (N-methyl/N-ethyl adjacent to an activating group) is 2. The maximum Gasteiger partial charge on any atom is 0.407 e. The van der Waals surface area contributed by atoms with Gasteiger partial charge in [-0.3, -0.25) is 14.5 Å². The number of carbonyl (C=O) groups excluding carboxylic acids is 4. The van der Waals surface area contributed by atoms with Crippen molar-refractivity contribution < 1.29 is 50.6 Å². The molecular formula is C33H44F5N5O6S. The second-order valence-corrected chi connectivity index (χ2v) is 13.8. The van der Waals surface area contributed by atoms with Crippen LogP contribution >= 0.6 is 11.3 Å². The summed E-state index contributed by atoms with van der Waals surface area (Å²) in [5.74, 6) is -16.1. The maximum atomic E-state index is 14.2. The van der Waals surface area contributed by atoms with Gasteiger partial charge in [-0.2, -0.15) is 8.78 Å². The largest absolute Gasteiger partial charge is 0.439 e. The van der Waals surface area contributed by atoms with Gasteiger partial charge in [0.25, 0.3) is 0 Å². The molecule has 5 atom stereocenters. The highest BCUT2D eigenvalue weighted by Gasteiger charge is 2.44. The number of likely N-dealkylation sites (tertiary alicyclic amines) is 1. The lowest BCUT2D eigenvalue weighted by Crippen LogP contribution is -2.60. The summed E-state index contributed by atoms with van der Waals surface area (Å²) in [5, 5.41) is 6.61. The smallest absolute Gasteiger partial charge is 0.407 e. The van der Waals surface area contributed by atoms with Gasteiger partial charge in [0.2, 0.25) is 46.6 Å². The second kappa shape index (κ2) is 16.9. The van der Waals surface area contributed by atoms with E-state index in [2.05, 4.69) is 20.4 Å². The van der Waals surface area contributed by atoms with Crippen molar-refractivity contribution >= 4 is 35.2 Å². The minimum absolute atomic E-state index is 0.0242. The normalized spacial score (nSPS) is 18.7. The number of aromatic nitrogens is 1. The van der Waals surface area contributed by atoms with E-state index in [9.17, 15) is 41.1 Å². The standard InChI is InChI=1S/C33H44F5N5O6S/c1-9-17(5)26(41-31(46)33(6)12-11-13-42(33)7)29(44)43(8)19(16(3)4)14-20(48-32(47)39-10-2)28-40-18(15-50-28)30(45)49-27-24(37)22(35)21(34)23(36)25(27)38/h15-17,19-20,26H,9-14H2,1-8H3,(H,39,47)(H,41,46)/t17?,19-,20-,26+,33-/m1/s1. The molecule has 17 heteroatoms. The maximum absolute atomic E-state index is 14.2. The molecule has 1 aliphatic heterocycles. The molecule has 3 rings (SSSR count). The van der Waals surface area contributed by atoms with Crippen LogP contribution in [0.25, 0.3) is 0 Å². The van der Waals surface area contributed by atoms with Gasteiger partial charge in [-0.1, -0.05) is 34.1 Å². The van der Waals surface area contributed by atoms with E-state index in [1.807, 2.05) is 46.6 Å². The minimum atomic E-state index is -2.42. The Bertz CT molecular complexity index is 1550. The molecule has 50 heavy (non-hydrogen) atoms. The topological polar surface area (TPSA) is 130 Å². The lowest BCUT2D eigenvalue weighted by molar-refractivity contribution is -0.142. The van der Waals surface area contributed by atoms with Gasteiger partial charge in [-0.15, -0.1) is 11.3 Å². The first kappa shape index (κ1) is 40.6. The van der Waals surface area contributed by atoms with Crippen molar-refractivity contribution in [3.05, 3.63) is 45.2 Å². The SMILES string of the molecule is CCNC(=O)O[C@H](C[C@H](C(C)C)N(C)C(=O)[C@@H](NC(=O)[C@@]1(C)CCCN1C)C(C)CC)c1nc(C(=O)Oc2c(F)c(F)c(F)c(F)c2F)cs1. The van der Waals surface area contributed by atoms with E-state index in [1.165, 1.54) is 4.90 Å². The fourth-order valence-electron chi connectivity index (χ4n) is 5.71. The van der Waals surface area contributed by atoms with Crippen LogP contribution in [0.5, 0.6) is 5.75 Å². The van der Waals surface area contributed by atoms with Crippen LogP contribution in [-0.4, -0.2) is 83.5 Å². The molecule has 3 amide bonds. The van der Waals surface area contributed by atoms with E-state index < -0.39 is 76.3 Å². The van der Waals surface area contributed by atoms with Crippen LogP contribution in [0.3, 0.4) is 0 Å². The Morgan fingerprint density at radius 1 is 1.04 bits per heavy atom. The number of rotatable bonds is 14. The lowest BCUT2D eigenvalue weighted by atomic mass is 9.91. The molecule has 1 saturated heterocycles. The number of halogens is 5. The number of benzene rings is 1. The van der Waals surface area contributed by atoms with Crippen molar-refractivity contribution in [2.45, 2.75) is 91.0 Å². The molecule has 0 bridgehead atoms. The Morgan fingerprint density at radius 3 is 2.16 bits per heavy atom. The van der Waals surface area contributed by atoms with Crippen molar-refractivity contribution in [3.63, 3.8) is 0 Å². The first-order valence-electron chi connectivity index (χ1n) is 16.3. The first-order valence-corrected chi connectivity index (χ1v) is 17.2. The molecular weight excluding hydrogens is 689 g/mol. The van der Waals surface area contributed by atoms with Crippen LogP contribution in [-0.2, 0) is 14.3 Å². The average molecular weight is 734 g/mol. The molecule has 0 aliphatic carbocycles. The fourth-order valence-corrected chi connectivity index (χ4v) is 6.54. The number of nitrogens with zero attached hydrogens (tertiary/aromatic N) is 3. The lowest BCUT2D eigenvalue weighted by Gasteiger charge is -2.38. The number of hydrogen-bond donors (Lipinski definition) is 2. The van der Waals surface area contributed by atoms with Crippen molar-refractivity contribution in [2.75, 3.05) is 27.2 Å². The van der Waals surface area contributed by atoms with Crippen LogP contribution in [0.4, 0.5) is 26.7 Å². The summed E-state index contributed by atoms with van der Waals surface area (Å²) in [7, 11) is 3.45. The van der Waals surface area contributed by atoms with E-state index in [0.29, 0.717) is 12.8 Å². The molecule has 0 radical (unpaired) electrons. The van der Waals surface area contributed by atoms with E-state index in [0.717, 1.165) is 29.7 Å². The number of hydrogen-bond acceptors (Lipinski definition) is 9. The monoisotopic (exact) mass is 733 g/mol. The van der Waals surface area contributed by atoms with E-state index in [-0.39, 0.29) is 41.6 Å². The van der Waals surface area contributed by atoms with Gasteiger partial charge in [0.1, 0.15) is 11.0 Å². The average Bonchev–Trinajstić information content (AvgIpc) is 3.71. The number of esters is 1. The van der Waals surface area contributed by atoms with Crippen LogP contribution in [0.15, 0.2) is 5.38 Å². The number of carbonyl (C=O) groups is 4. The van der Waals surface area contributed by atoms with Gasteiger partial charge in [0.05, 0.1) is 5.54 Å². The van der Waals surface area contributed by atoms with Gasteiger partial charge in [0, 0.05) is 31.4 Å². The van der Waals surface area contributed by atoms with Crippen molar-refractivity contribution in [1.29, 1.82) is 0 Å². The Morgan fingerprint density at radius 2 is 1.64 bits per heavy atom. The van der Waals surface area contributed by atoms with Crippen molar-refractivity contribution in [2.24, 2.45) is 11.8 Å². The van der Waals surface area contributed by atoms with Crippen molar-refractivity contribution in [3.8, 4) is 5.75 Å². The third-order valence-electron chi connectivity index (χ3n) is 9.27. The summed E-state index contributed by atoms with van der Waals surface area (Å²) in [6.07, 6.45) is 0.0392. The number of thiazole rings is 1. The fraction of sp³-hybridized carbons (Fsp3) is 0.606. The molecule has 2 N–H and O–H groups in total. The number of nitrogens with one attached hydrogen (secondary N) is 2. The molecule has 11 nitrogen and oxygen atoms in total. The zero-order chi connectivity index (χ0) is 37.7. The third kappa shape index (κ3) is 8.71. The highest BCUT2D eigenvalue weighted by atomic mass is 32.1. The number of amides is 3. The van der Waals surface area contributed by atoms with Crippen LogP contribution in [0.2, 0.25) is 0 Å². The number of ether oxygens (including phenoxy) is 2. The molecule has 1 aliphatic rings. The molecule has 1 aromatic heterocycles. The van der Waals surface area contributed by atoms with Crippen LogP contribution in [0, 0.1) is 40.9 Å². The zero-order valence-corrected chi connectivity index (χ0v) is 30.1. The van der Waals surface area contributed by atoms with Crippen molar-refractivity contribution in [1.82, 2.24) is 25.4 Å². The third-order valence-corrected chi connectivity index (χ3v) is 10.2. The molecule has 1 fully saturated rings. The Kier molecular flexibility index (Phi) is 13.7. The van der Waals surface area contributed by atoms with Gasteiger partial charge in [-0.25, -0.2) is 27.7 Å². The van der Waals surface area contributed by atoms with Gasteiger partial charge < -0.3 is 25.0 Å². The highest BCUT2D eigenvalue weighted by molar-refractivity contribution is 7.09. The molecule has 2 heterocycles. The Labute approximate surface area is 291 Å². The van der Waals surface area contributed by atoms with Crippen LogP contribution < -0.4 is 15.4 Å². The zero-order valence-electron chi connectivity index (χ0n) is 29.3. The van der Waals surface area contributed by atoms with Gasteiger partial charge in [-0.05, 0) is 52.1 Å². The quantitative estimate of drug-likeness (QED) is 0.0828. The first-order chi connectivity index (χ1) is 23.4. The molecule has 2 aromatic rings. The van der Waals surface area contributed by atoms with E-state index >= 15 is 0 Å². The molecule has 278 valence electrons. The predicted octanol–water partition coefficient (Wildman–Crippen LogP) is 5.73. The Balaban J connectivity index is 1.91. The molecule has 1 aromatic carbocycles.